The first-order valence-corrected chi connectivity index (χ1v) is 8.83. The number of fused-ring (bicyclic) bond motifs is 1. The van der Waals surface area contributed by atoms with Crippen molar-refractivity contribution in [1.82, 2.24) is 0 Å². The number of ketones is 2. The minimum absolute atomic E-state index is 0.102. The molecule has 0 unspecified atom stereocenters. The van der Waals surface area contributed by atoms with E-state index in [9.17, 15) is 14.4 Å². The average molecular weight is 368 g/mol. The number of ether oxygens (including phenoxy) is 1. The monoisotopic (exact) mass is 368 g/mol. The van der Waals surface area contributed by atoms with Gasteiger partial charge in [-0.3, -0.25) is 9.59 Å². The van der Waals surface area contributed by atoms with E-state index in [1.54, 1.807) is 72.8 Å². The van der Waals surface area contributed by atoms with Crippen molar-refractivity contribution < 1.29 is 19.1 Å². The number of hydrogen-bond donors (Lipinski definition) is 0. The summed E-state index contributed by atoms with van der Waals surface area (Å²) in [7, 11) is 0. The zero-order valence-corrected chi connectivity index (χ0v) is 15.1. The fourth-order valence-corrected chi connectivity index (χ4v) is 3.16. The van der Waals surface area contributed by atoms with Gasteiger partial charge in [-0.1, -0.05) is 72.3 Å². The maximum absolute atomic E-state index is 13.1. The van der Waals surface area contributed by atoms with E-state index in [0.717, 1.165) is 5.56 Å². The number of carbonyl (C=O) groups is 3. The third-order valence-corrected chi connectivity index (χ3v) is 4.62. The molecule has 4 heteroatoms. The SMILES string of the molecule is Cc1ccc(C(=O)OC2=C(c3ccccc3)C(=O)c3ccccc3C2=O)cc1. The van der Waals surface area contributed by atoms with Crippen molar-refractivity contribution in [2.75, 3.05) is 0 Å². The van der Waals surface area contributed by atoms with Gasteiger partial charge in [-0.2, -0.15) is 0 Å². The van der Waals surface area contributed by atoms with Crippen molar-refractivity contribution >= 4 is 23.1 Å². The van der Waals surface area contributed by atoms with Gasteiger partial charge in [0, 0.05) is 11.1 Å². The van der Waals surface area contributed by atoms with E-state index in [4.69, 9.17) is 4.74 Å². The number of aryl methyl sites for hydroxylation is 1. The lowest BCUT2D eigenvalue weighted by molar-refractivity contribution is 0.0588. The van der Waals surface area contributed by atoms with Crippen LogP contribution in [-0.2, 0) is 4.74 Å². The van der Waals surface area contributed by atoms with Crippen molar-refractivity contribution in [2.24, 2.45) is 0 Å². The van der Waals surface area contributed by atoms with Crippen molar-refractivity contribution in [2.45, 2.75) is 6.92 Å². The molecule has 3 aromatic carbocycles. The van der Waals surface area contributed by atoms with Crippen LogP contribution in [0.2, 0.25) is 0 Å². The molecule has 0 radical (unpaired) electrons. The summed E-state index contributed by atoms with van der Waals surface area (Å²) in [6.07, 6.45) is 0. The van der Waals surface area contributed by atoms with E-state index in [0.29, 0.717) is 16.7 Å². The molecule has 0 atom stereocenters. The van der Waals surface area contributed by atoms with Crippen LogP contribution in [0, 0.1) is 6.92 Å². The number of rotatable bonds is 3. The summed E-state index contributed by atoms with van der Waals surface area (Å²) in [5.41, 5.74) is 2.48. The highest BCUT2D eigenvalue weighted by molar-refractivity contribution is 6.40. The summed E-state index contributed by atoms with van der Waals surface area (Å²) in [6, 6.07) is 22.2. The fourth-order valence-electron chi connectivity index (χ4n) is 3.16. The Hall–Kier alpha value is -3.79. The predicted octanol–water partition coefficient (Wildman–Crippen LogP) is 4.64. The minimum atomic E-state index is -0.677. The Morgan fingerprint density at radius 2 is 1.29 bits per heavy atom. The first-order valence-electron chi connectivity index (χ1n) is 8.83. The van der Waals surface area contributed by atoms with Crippen molar-refractivity contribution in [3.8, 4) is 0 Å². The Kier molecular flexibility index (Phi) is 4.45. The van der Waals surface area contributed by atoms with Gasteiger partial charge < -0.3 is 4.74 Å². The highest BCUT2D eigenvalue weighted by atomic mass is 16.5. The van der Waals surface area contributed by atoms with Gasteiger partial charge in [-0.05, 0) is 24.6 Å². The predicted molar refractivity (Wildman–Crippen MR) is 105 cm³/mol. The van der Waals surface area contributed by atoms with Crippen LogP contribution < -0.4 is 0 Å². The lowest BCUT2D eigenvalue weighted by atomic mass is 9.85. The number of Topliss-reactive ketones (excluding diaryl/α,β-unsaturated/α-hetero) is 2. The second kappa shape index (κ2) is 7.08. The molecule has 0 bridgehead atoms. The van der Waals surface area contributed by atoms with Gasteiger partial charge in [0.15, 0.2) is 11.5 Å². The summed E-state index contributed by atoms with van der Waals surface area (Å²) in [6.45, 7) is 1.91. The molecule has 4 rings (SSSR count). The van der Waals surface area contributed by atoms with Crippen LogP contribution in [0.4, 0.5) is 0 Å². The largest absolute Gasteiger partial charge is 0.418 e. The lowest BCUT2D eigenvalue weighted by Gasteiger charge is -2.20. The van der Waals surface area contributed by atoms with Gasteiger partial charge >= 0.3 is 5.97 Å². The average Bonchev–Trinajstić information content (AvgIpc) is 2.73. The number of esters is 1. The Morgan fingerprint density at radius 3 is 1.93 bits per heavy atom. The van der Waals surface area contributed by atoms with E-state index in [2.05, 4.69) is 0 Å². The second-order valence-electron chi connectivity index (χ2n) is 6.53. The third-order valence-electron chi connectivity index (χ3n) is 4.62. The Labute approximate surface area is 162 Å². The minimum Gasteiger partial charge on any atom is -0.418 e. The molecule has 0 aromatic heterocycles. The van der Waals surface area contributed by atoms with Crippen LogP contribution in [-0.4, -0.2) is 17.5 Å². The molecule has 3 aromatic rings. The van der Waals surface area contributed by atoms with Gasteiger partial charge in [0.2, 0.25) is 5.78 Å². The number of benzene rings is 3. The normalized spacial score (nSPS) is 13.3. The highest BCUT2D eigenvalue weighted by Gasteiger charge is 2.35. The molecule has 0 saturated carbocycles. The smallest absolute Gasteiger partial charge is 0.343 e. The van der Waals surface area contributed by atoms with Crippen molar-refractivity contribution in [3.63, 3.8) is 0 Å². The van der Waals surface area contributed by atoms with Gasteiger partial charge in [0.1, 0.15) is 0 Å². The summed E-state index contributed by atoms with van der Waals surface area (Å²) < 4.78 is 5.49. The van der Waals surface area contributed by atoms with Crippen molar-refractivity contribution in [3.05, 3.63) is 112 Å². The van der Waals surface area contributed by atoms with E-state index < -0.39 is 11.8 Å². The third kappa shape index (κ3) is 3.05. The maximum Gasteiger partial charge on any atom is 0.343 e. The van der Waals surface area contributed by atoms with Gasteiger partial charge in [0.05, 0.1) is 11.1 Å². The van der Waals surface area contributed by atoms with Gasteiger partial charge in [-0.15, -0.1) is 0 Å². The molecule has 0 saturated heterocycles. The molecule has 0 spiro atoms. The van der Waals surface area contributed by atoms with E-state index in [1.165, 1.54) is 0 Å². The van der Waals surface area contributed by atoms with Crippen LogP contribution in [0.25, 0.3) is 5.57 Å². The summed E-state index contributed by atoms with van der Waals surface area (Å²) in [4.78, 5) is 38.9. The quantitative estimate of drug-likeness (QED) is 0.632. The second-order valence-corrected chi connectivity index (χ2v) is 6.53. The van der Waals surface area contributed by atoms with Crippen LogP contribution >= 0.6 is 0 Å². The van der Waals surface area contributed by atoms with Crippen LogP contribution in [0.1, 0.15) is 42.2 Å². The molecule has 28 heavy (non-hydrogen) atoms. The van der Waals surface area contributed by atoms with Crippen molar-refractivity contribution in [1.29, 1.82) is 0 Å². The molecule has 0 fully saturated rings. The van der Waals surface area contributed by atoms with Crippen LogP contribution in [0.3, 0.4) is 0 Å². The summed E-state index contributed by atoms with van der Waals surface area (Å²) in [5, 5.41) is 0. The lowest BCUT2D eigenvalue weighted by Crippen LogP contribution is -2.24. The highest BCUT2D eigenvalue weighted by Crippen LogP contribution is 2.33. The first kappa shape index (κ1) is 17.6. The maximum atomic E-state index is 13.1. The zero-order valence-electron chi connectivity index (χ0n) is 15.1. The van der Waals surface area contributed by atoms with Gasteiger partial charge in [0.25, 0.3) is 0 Å². The summed E-state index contributed by atoms with van der Waals surface area (Å²) in [5.74, 6) is -1.73. The molecule has 1 aliphatic carbocycles. The van der Waals surface area contributed by atoms with E-state index >= 15 is 0 Å². The van der Waals surface area contributed by atoms with Crippen LogP contribution in [0.15, 0.2) is 84.6 Å². The molecule has 0 N–H and O–H groups in total. The molecular weight excluding hydrogens is 352 g/mol. The Bertz CT molecular complexity index is 1120. The molecule has 0 aliphatic heterocycles. The fraction of sp³-hybridized carbons (Fsp3) is 0.0417. The topological polar surface area (TPSA) is 60.4 Å². The Morgan fingerprint density at radius 1 is 0.714 bits per heavy atom. The summed E-state index contributed by atoms with van der Waals surface area (Å²) >= 11 is 0. The zero-order chi connectivity index (χ0) is 19.7. The standard InChI is InChI=1S/C24H16O4/c1-15-11-13-17(14-12-15)24(27)28-23-20(16-7-3-2-4-8-16)21(25)18-9-5-6-10-19(18)22(23)26/h2-14H,1H3. The molecule has 1 aliphatic rings. The Balaban J connectivity index is 1.84. The molecular formula is C24H16O4. The molecule has 4 nitrogen and oxygen atoms in total. The van der Waals surface area contributed by atoms with E-state index in [1.807, 2.05) is 13.0 Å². The van der Waals surface area contributed by atoms with Gasteiger partial charge in [-0.25, -0.2) is 4.79 Å². The van der Waals surface area contributed by atoms with Crippen LogP contribution in [0.5, 0.6) is 0 Å². The molecule has 136 valence electrons. The number of hydrogen-bond acceptors (Lipinski definition) is 4. The molecule has 0 heterocycles. The number of carbonyl (C=O) groups excluding carboxylic acids is 3. The molecule has 0 amide bonds. The number of allylic oxidation sites excluding steroid dienone is 2. The first-order chi connectivity index (χ1) is 13.6. The van der Waals surface area contributed by atoms with E-state index in [-0.39, 0.29) is 22.7 Å².